The maximum atomic E-state index is 5.44. The minimum Gasteiger partial charge on any atom is -0.309 e. The van der Waals surface area contributed by atoms with E-state index in [9.17, 15) is 0 Å². The number of terminal acetylenes is 1. The van der Waals surface area contributed by atoms with E-state index in [4.69, 9.17) is 6.42 Å². The van der Waals surface area contributed by atoms with Gasteiger partial charge in [-0.05, 0) is 31.4 Å². The van der Waals surface area contributed by atoms with Crippen molar-refractivity contribution in [3.63, 3.8) is 0 Å². The van der Waals surface area contributed by atoms with Crippen molar-refractivity contribution in [3.05, 3.63) is 35.9 Å². The molecule has 1 N–H and O–H groups in total. The molecule has 1 aliphatic heterocycles. The Morgan fingerprint density at radius 3 is 2.90 bits per heavy atom. The Morgan fingerprint density at radius 2 is 2.20 bits per heavy atom. The lowest BCUT2D eigenvalue weighted by molar-refractivity contribution is 0.175. The van der Waals surface area contributed by atoms with Crippen molar-refractivity contribution >= 4 is 0 Å². The number of likely N-dealkylation sites (tertiary alicyclic amines) is 1. The van der Waals surface area contributed by atoms with Gasteiger partial charge in [0.15, 0.2) is 0 Å². The van der Waals surface area contributed by atoms with E-state index in [0.29, 0.717) is 12.1 Å². The molecule has 2 rings (SSSR count). The second-order valence-corrected chi connectivity index (χ2v) is 5.74. The van der Waals surface area contributed by atoms with Crippen molar-refractivity contribution in [2.45, 2.75) is 51.2 Å². The molecule has 1 fully saturated rings. The molecule has 0 aliphatic carbocycles. The van der Waals surface area contributed by atoms with Crippen LogP contribution in [0.1, 0.15) is 38.2 Å². The molecule has 1 aromatic carbocycles. The van der Waals surface area contributed by atoms with Gasteiger partial charge in [0.1, 0.15) is 0 Å². The molecule has 0 bridgehead atoms. The fourth-order valence-corrected chi connectivity index (χ4v) is 2.97. The lowest BCUT2D eigenvalue weighted by Gasteiger charge is -2.35. The van der Waals surface area contributed by atoms with E-state index in [1.807, 2.05) is 0 Å². The van der Waals surface area contributed by atoms with Crippen molar-refractivity contribution in [2.75, 3.05) is 13.1 Å². The molecule has 0 amide bonds. The summed E-state index contributed by atoms with van der Waals surface area (Å²) >= 11 is 0. The smallest absolute Gasteiger partial charge is 0.0240 e. The Morgan fingerprint density at radius 1 is 1.40 bits per heavy atom. The lowest BCUT2D eigenvalue weighted by atomic mass is 10.0. The van der Waals surface area contributed by atoms with Crippen molar-refractivity contribution in [3.8, 4) is 12.3 Å². The van der Waals surface area contributed by atoms with Gasteiger partial charge in [-0.3, -0.25) is 4.90 Å². The Kier molecular flexibility index (Phi) is 6.11. The summed E-state index contributed by atoms with van der Waals surface area (Å²) in [6.45, 7) is 5.61. The Labute approximate surface area is 123 Å². The molecule has 1 saturated heterocycles. The highest BCUT2D eigenvalue weighted by molar-refractivity contribution is 5.14. The number of piperidine rings is 1. The predicted molar refractivity (Wildman–Crippen MR) is 85.4 cm³/mol. The fourth-order valence-electron chi connectivity index (χ4n) is 2.97. The average Bonchev–Trinajstić information content (AvgIpc) is 2.48. The van der Waals surface area contributed by atoms with Crippen LogP contribution in [0.3, 0.4) is 0 Å². The van der Waals surface area contributed by atoms with Gasteiger partial charge in [0, 0.05) is 31.6 Å². The van der Waals surface area contributed by atoms with Crippen molar-refractivity contribution in [1.29, 1.82) is 0 Å². The first-order valence-electron chi connectivity index (χ1n) is 7.77. The van der Waals surface area contributed by atoms with E-state index < -0.39 is 0 Å². The maximum Gasteiger partial charge on any atom is 0.0240 e. The quantitative estimate of drug-likeness (QED) is 0.799. The minimum absolute atomic E-state index is 0.474. The van der Waals surface area contributed by atoms with Gasteiger partial charge in [-0.15, -0.1) is 12.3 Å². The van der Waals surface area contributed by atoms with Gasteiger partial charge in [-0.1, -0.05) is 37.3 Å². The predicted octanol–water partition coefficient (Wildman–Crippen LogP) is 3.04. The molecule has 20 heavy (non-hydrogen) atoms. The van der Waals surface area contributed by atoms with Crippen LogP contribution in [0, 0.1) is 12.3 Å². The Hall–Kier alpha value is -1.30. The number of hydrogen-bond acceptors (Lipinski definition) is 2. The van der Waals surface area contributed by atoms with Crippen molar-refractivity contribution in [1.82, 2.24) is 10.2 Å². The standard InChI is InChI=1S/C18H26N2/c1-3-9-17(4-2)19-18-12-8-13-20(15-18)14-16-10-6-5-7-11-16/h1,5-7,10-11,17-19H,4,8-9,12-15H2,2H3. The lowest BCUT2D eigenvalue weighted by Crippen LogP contribution is -2.48. The molecule has 1 heterocycles. The van der Waals surface area contributed by atoms with E-state index in [2.05, 4.69) is 53.4 Å². The normalized spacial score (nSPS) is 21.3. The first-order valence-corrected chi connectivity index (χ1v) is 7.77. The molecule has 0 spiro atoms. The van der Waals surface area contributed by atoms with Gasteiger partial charge in [0.05, 0.1) is 0 Å². The van der Waals surface area contributed by atoms with Gasteiger partial charge in [-0.2, -0.15) is 0 Å². The summed E-state index contributed by atoms with van der Waals surface area (Å²) < 4.78 is 0. The first-order chi connectivity index (χ1) is 9.81. The average molecular weight is 270 g/mol. The molecule has 2 atom stereocenters. The van der Waals surface area contributed by atoms with Crippen LogP contribution >= 0.6 is 0 Å². The molecule has 108 valence electrons. The highest BCUT2D eigenvalue weighted by Crippen LogP contribution is 2.15. The second-order valence-electron chi connectivity index (χ2n) is 5.74. The zero-order chi connectivity index (χ0) is 14.2. The summed E-state index contributed by atoms with van der Waals surface area (Å²) in [5.41, 5.74) is 1.41. The number of hydrogen-bond donors (Lipinski definition) is 1. The molecule has 2 heteroatoms. The van der Waals surface area contributed by atoms with E-state index >= 15 is 0 Å². The number of nitrogens with zero attached hydrogens (tertiary/aromatic N) is 1. The van der Waals surface area contributed by atoms with Crippen LogP contribution in [0.4, 0.5) is 0 Å². The van der Waals surface area contributed by atoms with Gasteiger partial charge in [0.2, 0.25) is 0 Å². The number of nitrogens with one attached hydrogen (secondary N) is 1. The van der Waals surface area contributed by atoms with E-state index in [-0.39, 0.29) is 0 Å². The topological polar surface area (TPSA) is 15.3 Å². The summed E-state index contributed by atoms with van der Waals surface area (Å²) in [6.07, 6.45) is 9.93. The zero-order valence-electron chi connectivity index (χ0n) is 12.5. The molecule has 1 aliphatic rings. The van der Waals surface area contributed by atoms with Crippen molar-refractivity contribution in [2.24, 2.45) is 0 Å². The third-order valence-electron chi connectivity index (χ3n) is 4.08. The Balaban J connectivity index is 1.84. The van der Waals surface area contributed by atoms with Gasteiger partial charge < -0.3 is 5.32 Å². The summed E-state index contributed by atoms with van der Waals surface area (Å²) in [7, 11) is 0. The van der Waals surface area contributed by atoms with E-state index in [1.54, 1.807) is 0 Å². The molecule has 0 aromatic heterocycles. The van der Waals surface area contributed by atoms with Gasteiger partial charge in [0.25, 0.3) is 0 Å². The summed E-state index contributed by atoms with van der Waals surface area (Å²) in [5, 5.41) is 3.74. The third kappa shape index (κ3) is 4.67. The van der Waals surface area contributed by atoms with Gasteiger partial charge in [-0.25, -0.2) is 0 Å². The van der Waals surface area contributed by atoms with Crippen LogP contribution in [0.15, 0.2) is 30.3 Å². The molecule has 0 saturated carbocycles. The second kappa shape index (κ2) is 8.09. The van der Waals surface area contributed by atoms with Gasteiger partial charge >= 0.3 is 0 Å². The Bertz CT molecular complexity index is 421. The molecule has 1 aromatic rings. The van der Waals surface area contributed by atoms with Crippen LogP contribution in [0.5, 0.6) is 0 Å². The fraction of sp³-hybridized carbons (Fsp3) is 0.556. The van der Waals surface area contributed by atoms with Crippen LogP contribution in [0.25, 0.3) is 0 Å². The van der Waals surface area contributed by atoms with Crippen LogP contribution in [-0.2, 0) is 6.54 Å². The number of benzene rings is 1. The monoisotopic (exact) mass is 270 g/mol. The summed E-state index contributed by atoms with van der Waals surface area (Å²) in [6, 6.07) is 11.8. The maximum absolute atomic E-state index is 5.44. The molecular formula is C18H26N2. The first kappa shape index (κ1) is 15.1. The summed E-state index contributed by atoms with van der Waals surface area (Å²) in [5.74, 6) is 2.78. The summed E-state index contributed by atoms with van der Waals surface area (Å²) in [4.78, 5) is 2.55. The zero-order valence-corrected chi connectivity index (χ0v) is 12.5. The van der Waals surface area contributed by atoms with Crippen molar-refractivity contribution < 1.29 is 0 Å². The highest BCUT2D eigenvalue weighted by Gasteiger charge is 2.21. The largest absolute Gasteiger partial charge is 0.309 e. The molecule has 0 radical (unpaired) electrons. The van der Waals surface area contributed by atoms with E-state index in [0.717, 1.165) is 25.9 Å². The molecule has 2 nitrogen and oxygen atoms in total. The highest BCUT2D eigenvalue weighted by atomic mass is 15.2. The third-order valence-corrected chi connectivity index (χ3v) is 4.08. The minimum atomic E-state index is 0.474. The molecule has 2 unspecified atom stereocenters. The van der Waals surface area contributed by atoms with Crippen LogP contribution < -0.4 is 5.32 Å². The van der Waals surface area contributed by atoms with E-state index in [1.165, 1.54) is 24.9 Å². The molecular weight excluding hydrogens is 244 g/mol. The van der Waals surface area contributed by atoms with Crippen LogP contribution in [-0.4, -0.2) is 30.1 Å². The van der Waals surface area contributed by atoms with Crippen LogP contribution in [0.2, 0.25) is 0 Å². The number of rotatable bonds is 6. The SMILES string of the molecule is C#CCC(CC)NC1CCCN(Cc2ccccc2)C1.